The molecule has 1 aromatic carbocycles. The van der Waals surface area contributed by atoms with Crippen molar-refractivity contribution in [3.05, 3.63) is 34.9 Å². The summed E-state index contributed by atoms with van der Waals surface area (Å²) in [6.45, 7) is 15.2. The molecule has 0 fully saturated rings. The number of hydrogen-bond donors (Lipinski definition) is 3. The molecule has 1 aromatic rings. The Morgan fingerprint density at radius 2 is 1.75 bits per heavy atom. The number of amides is 4. The van der Waals surface area contributed by atoms with Gasteiger partial charge in [0.1, 0.15) is 17.7 Å². The van der Waals surface area contributed by atoms with Crippen LogP contribution in [0.3, 0.4) is 0 Å². The first-order valence-electron chi connectivity index (χ1n) is 12.6. The van der Waals surface area contributed by atoms with Crippen LogP contribution in [0.25, 0.3) is 0 Å². The van der Waals surface area contributed by atoms with Gasteiger partial charge in [-0.05, 0) is 78.0 Å². The molecule has 0 aliphatic rings. The van der Waals surface area contributed by atoms with Crippen LogP contribution in [-0.2, 0) is 19.1 Å². The van der Waals surface area contributed by atoms with Crippen LogP contribution in [0, 0.1) is 13.8 Å². The Kier molecular flexibility index (Phi) is 11.9. The minimum absolute atomic E-state index is 0.0202. The lowest BCUT2D eigenvalue weighted by Crippen LogP contribution is -2.55. The van der Waals surface area contributed by atoms with Gasteiger partial charge in [-0.1, -0.05) is 31.5 Å². The number of nitrogens with two attached hydrogens (primary N) is 1. The fourth-order valence-corrected chi connectivity index (χ4v) is 3.83. The molecular weight excluding hydrogens is 460 g/mol. The number of primary amides is 1. The van der Waals surface area contributed by atoms with Crippen LogP contribution in [0.15, 0.2) is 18.2 Å². The van der Waals surface area contributed by atoms with Crippen LogP contribution in [0.5, 0.6) is 0 Å². The van der Waals surface area contributed by atoms with Crippen molar-refractivity contribution in [2.24, 2.45) is 5.73 Å². The van der Waals surface area contributed by atoms with Gasteiger partial charge < -0.3 is 26.0 Å². The van der Waals surface area contributed by atoms with E-state index in [0.29, 0.717) is 12.1 Å². The van der Waals surface area contributed by atoms with Crippen LogP contribution < -0.4 is 16.4 Å². The Balaban J connectivity index is 3.50. The number of carbonyl (C=O) groups excluding carboxylic acids is 4. The molecule has 0 saturated carbocycles. The summed E-state index contributed by atoms with van der Waals surface area (Å²) < 4.78 is 5.34. The average Bonchev–Trinajstić information content (AvgIpc) is 2.75. The second-order valence-electron chi connectivity index (χ2n) is 10.4. The molecule has 2 unspecified atom stereocenters. The SMILES string of the molecule is CCCCNC(=O)C(c1cccc(C)c1C)N(C(=O)C(CCC(N)=O)NC(=O)OC(C)(C)C)C(C)C. The van der Waals surface area contributed by atoms with Gasteiger partial charge in [0.05, 0.1) is 0 Å². The second kappa shape index (κ2) is 13.8. The molecule has 0 spiro atoms. The number of benzene rings is 1. The van der Waals surface area contributed by atoms with Gasteiger partial charge in [0.25, 0.3) is 0 Å². The number of nitrogens with one attached hydrogen (secondary N) is 2. The number of aryl methyl sites for hydroxylation is 1. The highest BCUT2D eigenvalue weighted by atomic mass is 16.6. The predicted octanol–water partition coefficient (Wildman–Crippen LogP) is 3.66. The van der Waals surface area contributed by atoms with E-state index in [4.69, 9.17) is 10.5 Å². The van der Waals surface area contributed by atoms with E-state index in [1.807, 2.05) is 52.8 Å². The van der Waals surface area contributed by atoms with Gasteiger partial charge in [0.15, 0.2) is 0 Å². The van der Waals surface area contributed by atoms with E-state index in [9.17, 15) is 19.2 Å². The van der Waals surface area contributed by atoms with Gasteiger partial charge in [-0.3, -0.25) is 14.4 Å². The lowest BCUT2D eigenvalue weighted by Gasteiger charge is -2.38. The maximum absolute atomic E-state index is 14.0. The first kappa shape index (κ1) is 30.9. The zero-order valence-corrected chi connectivity index (χ0v) is 23.1. The molecule has 1 rings (SSSR count). The van der Waals surface area contributed by atoms with Crippen LogP contribution in [-0.4, -0.2) is 52.9 Å². The third kappa shape index (κ3) is 9.51. The van der Waals surface area contributed by atoms with Crippen LogP contribution >= 0.6 is 0 Å². The van der Waals surface area contributed by atoms with Crippen molar-refractivity contribution in [2.75, 3.05) is 6.54 Å². The molecule has 202 valence electrons. The maximum Gasteiger partial charge on any atom is 0.408 e. The standard InChI is InChI=1S/C27H44N4O5/c1-9-10-16-29-24(33)23(20-13-11-12-18(4)19(20)5)31(17(2)3)25(34)21(14-15-22(28)32)30-26(35)36-27(6,7)8/h11-13,17,21,23H,9-10,14-16H2,1-8H3,(H2,28,32)(H,29,33)(H,30,35). The number of rotatable bonds is 12. The van der Waals surface area contributed by atoms with E-state index in [0.717, 1.165) is 24.0 Å². The van der Waals surface area contributed by atoms with Gasteiger partial charge >= 0.3 is 6.09 Å². The molecule has 0 radical (unpaired) electrons. The Labute approximate surface area is 215 Å². The summed E-state index contributed by atoms with van der Waals surface area (Å²) in [5, 5.41) is 5.56. The van der Waals surface area contributed by atoms with E-state index >= 15 is 0 Å². The summed E-state index contributed by atoms with van der Waals surface area (Å²) in [5.41, 5.74) is 7.16. The molecule has 4 amide bonds. The van der Waals surface area contributed by atoms with Gasteiger partial charge in [0, 0.05) is 19.0 Å². The Bertz CT molecular complexity index is 923. The molecule has 0 aliphatic heterocycles. The van der Waals surface area contributed by atoms with E-state index in [2.05, 4.69) is 10.6 Å². The molecule has 0 bridgehead atoms. The summed E-state index contributed by atoms with van der Waals surface area (Å²) in [5.74, 6) is -1.39. The number of unbranched alkanes of at least 4 members (excludes halogenated alkanes) is 1. The van der Waals surface area contributed by atoms with Gasteiger partial charge in [-0.2, -0.15) is 0 Å². The maximum atomic E-state index is 14.0. The second-order valence-corrected chi connectivity index (χ2v) is 10.4. The highest BCUT2D eigenvalue weighted by Crippen LogP contribution is 2.29. The van der Waals surface area contributed by atoms with Crippen LogP contribution in [0.1, 0.15) is 90.0 Å². The molecule has 0 heterocycles. The summed E-state index contributed by atoms with van der Waals surface area (Å²) in [6.07, 6.45) is 0.797. The molecule has 9 nitrogen and oxygen atoms in total. The minimum atomic E-state index is -1.11. The number of alkyl carbamates (subject to hydrolysis) is 1. The fourth-order valence-electron chi connectivity index (χ4n) is 3.83. The van der Waals surface area contributed by atoms with Gasteiger partial charge in [-0.25, -0.2) is 4.79 Å². The summed E-state index contributed by atoms with van der Waals surface area (Å²) in [7, 11) is 0. The lowest BCUT2D eigenvalue weighted by molar-refractivity contribution is -0.144. The zero-order chi connectivity index (χ0) is 27.6. The third-order valence-electron chi connectivity index (χ3n) is 5.78. The van der Waals surface area contributed by atoms with Crippen LogP contribution in [0.2, 0.25) is 0 Å². The molecule has 36 heavy (non-hydrogen) atoms. The lowest BCUT2D eigenvalue weighted by atomic mass is 9.94. The number of hydrogen-bond acceptors (Lipinski definition) is 5. The van der Waals surface area contributed by atoms with Crippen LogP contribution in [0.4, 0.5) is 4.79 Å². The van der Waals surface area contributed by atoms with E-state index < -0.39 is 41.6 Å². The number of ether oxygens (including phenoxy) is 1. The Hall–Kier alpha value is -3.10. The summed E-state index contributed by atoms with van der Waals surface area (Å²) >= 11 is 0. The van der Waals surface area contributed by atoms with Gasteiger partial charge in [0.2, 0.25) is 17.7 Å². The monoisotopic (exact) mass is 504 g/mol. The Morgan fingerprint density at radius 3 is 2.28 bits per heavy atom. The molecule has 0 aromatic heterocycles. The Morgan fingerprint density at radius 1 is 1.11 bits per heavy atom. The first-order chi connectivity index (χ1) is 16.7. The average molecular weight is 505 g/mol. The van der Waals surface area contributed by atoms with Crippen molar-refractivity contribution < 1.29 is 23.9 Å². The highest BCUT2D eigenvalue weighted by Gasteiger charge is 2.38. The fraction of sp³-hybridized carbons (Fsp3) is 0.630. The molecule has 2 atom stereocenters. The van der Waals surface area contributed by atoms with Crippen molar-refractivity contribution in [3.8, 4) is 0 Å². The highest BCUT2D eigenvalue weighted by molar-refractivity contribution is 5.93. The smallest absolute Gasteiger partial charge is 0.408 e. The molecule has 0 saturated heterocycles. The van der Waals surface area contributed by atoms with Crippen molar-refractivity contribution in [1.82, 2.24) is 15.5 Å². The zero-order valence-electron chi connectivity index (χ0n) is 23.1. The predicted molar refractivity (Wildman–Crippen MR) is 140 cm³/mol. The third-order valence-corrected chi connectivity index (χ3v) is 5.78. The molecule has 0 aliphatic carbocycles. The van der Waals surface area contributed by atoms with Crippen molar-refractivity contribution in [3.63, 3.8) is 0 Å². The molecular formula is C27H44N4O5. The van der Waals surface area contributed by atoms with E-state index in [-0.39, 0.29) is 18.7 Å². The quantitative estimate of drug-likeness (QED) is 0.374. The normalized spacial score (nSPS) is 13.0. The molecule has 9 heteroatoms. The van der Waals surface area contributed by atoms with E-state index in [1.54, 1.807) is 20.8 Å². The first-order valence-corrected chi connectivity index (χ1v) is 12.6. The number of carbonyl (C=O) groups is 4. The van der Waals surface area contributed by atoms with E-state index in [1.165, 1.54) is 4.90 Å². The topological polar surface area (TPSA) is 131 Å². The van der Waals surface area contributed by atoms with Crippen molar-refractivity contribution in [1.29, 1.82) is 0 Å². The van der Waals surface area contributed by atoms with Crippen molar-refractivity contribution in [2.45, 2.75) is 105 Å². The summed E-state index contributed by atoms with van der Waals surface area (Å²) in [4.78, 5) is 53.1. The minimum Gasteiger partial charge on any atom is -0.444 e. The van der Waals surface area contributed by atoms with Gasteiger partial charge in [-0.15, -0.1) is 0 Å². The largest absolute Gasteiger partial charge is 0.444 e. The molecule has 4 N–H and O–H groups in total. The van der Waals surface area contributed by atoms with Crippen molar-refractivity contribution >= 4 is 23.8 Å². The number of nitrogens with zero attached hydrogens (tertiary/aromatic N) is 1. The summed E-state index contributed by atoms with van der Waals surface area (Å²) in [6, 6.07) is 3.23.